The normalized spacial score (nSPS) is 15.3. The number of hydrogen-bond acceptors (Lipinski definition) is 2. The van der Waals surface area contributed by atoms with Gasteiger partial charge in [0.1, 0.15) is 6.10 Å². The van der Waals surface area contributed by atoms with Crippen LogP contribution in [0.1, 0.15) is 41.0 Å². The second kappa shape index (κ2) is 5.16. The third kappa shape index (κ3) is 4.82. The van der Waals surface area contributed by atoms with Gasteiger partial charge in [-0.3, -0.25) is 0 Å². The van der Waals surface area contributed by atoms with Gasteiger partial charge in [0.2, 0.25) is 0 Å². The SMILES string of the molecule is CCC(C)O/N=C(\C)C(C)C. The smallest absolute Gasteiger partial charge is 0.124 e. The van der Waals surface area contributed by atoms with Crippen LogP contribution in [0, 0.1) is 5.92 Å². The lowest BCUT2D eigenvalue weighted by atomic mass is 10.1. The second-order valence-electron chi connectivity index (χ2n) is 3.21. The van der Waals surface area contributed by atoms with E-state index in [9.17, 15) is 0 Å². The van der Waals surface area contributed by atoms with Crippen molar-refractivity contribution in [2.45, 2.75) is 47.1 Å². The Balaban J connectivity index is 3.72. The van der Waals surface area contributed by atoms with E-state index in [-0.39, 0.29) is 6.10 Å². The zero-order valence-corrected chi connectivity index (χ0v) is 8.22. The maximum Gasteiger partial charge on any atom is 0.124 e. The maximum atomic E-state index is 5.20. The van der Waals surface area contributed by atoms with Crippen LogP contribution in [0.15, 0.2) is 5.16 Å². The molecule has 0 aliphatic heterocycles. The van der Waals surface area contributed by atoms with Gasteiger partial charge in [-0.05, 0) is 26.2 Å². The summed E-state index contributed by atoms with van der Waals surface area (Å²) in [5.41, 5.74) is 1.06. The molecule has 0 aliphatic carbocycles. The Morgan fingerprint density at radius 3 is 2.27 bits per heavy atom. The number of rotatable bonds is 4. The molecule has 0 spiro atoms. The molecule has 0 N–H and O–H groups in total. The number of nitrogens with zero attached hydrogens (tertiary/aromatic N) is 1. The Bertz CT molecular complexity index is 130. The molecule has 0 bridgehead atoms. The van der Waals surface area contributed by atoms with Crippen LogP contribution in [0.2, 0.25) is 0 Å². The maximum absolute atomic E-state index is 5.20. The summed E-state index contributed by atoms with van der Waals surface area (Å²) in [4.78, 5) is 5.20. The monoisotopic (exact) mass is 157 g/mol. The van der Waals surface area contributed by atoms with Crippen LogP contribution < -0.4 is 0 Å². The van der Waals surface area contributed by atoms with E-state index in [1.165, 1.54) is 0 Å². The third-order valence-corrected chi connectivity index (χ3v) is 1.79. The lowest BCUT2D eigenvalue weighted by molar-refractivity contribution is 0.0688. The molecular weight excluding hydrogens is 138 g/mol. The molecular formula is C9H19NO. The first-order valence-electron chi connectivity index (χ1n) is 4.28. The highest BCUT2D eigenvalue weighted by Gasteiger charge is 2.00. The zero-order chi connectivity index (χ0) is 8.85. The van der Waals surface area contributed by atoms with E-state index < -0.39 is 0 Å². The highest BCUT2D eigenvalue weighted by atomic mass is 16.6. The van der Waals surface area contributed by atoms with E-state index in [1.807, 2.05) is 13.8 Å². The van der Waals surface area contributed by atoms with Crippen molar-refractivity contribution in [2.24, 2.45) is 11.1 Å². The highest BCUT2D eigenvalue weighted by Crippen LogP contribution is 2.00. The fraction of sp³-hybridized carbons (Fsp3) is 0.889. The molecule has 0 heterocycles. The van der Waals surface area contributed by atoms with Gasteiger partial charge in [-0.25, -0.2) is 0 Å². The molecule has 0 rings (SSSR count). The quantitative estimate of drug-likeness (QED) is 0.454. The van der Waals surface area contributed by atoms with E-state index in [0.717, 1.165) is 12.1 Å². The van der Waals surface area contributed by atoms with Crippen molar-refractivity contribution in [3.8, 4) is 0 Å². The van der Waals surface area contributed by atoms with Crippen LogP contribution in [0.5, 0.6) is 0 Å². The van der Waals surface area contributed by atoms with Crippen molar-refractivity contribution in [3.05, 3.63) is 0 Å². The summed E-state index contributed by atoms with van der Waals surface area (Å²) in [5.74, 6) is 0.485. The van der Waals surface area contributed by atoms with E-state index in [1.54, 1.807) is 0 Å². The van der Waals surface area contributed by atoms with Crippen LogP contribution in [0.25, 0.3) is 0 Å². The standard InChI is InChI=1S/C9H19NO/c1-6-8(4)11-10-9(5)7(2)3/h7-8H,6H2,1-5H3/b10-9+. The molecule has 0 aromatic carbocycles. The van der Waals surface area contributed by atoms with Crippen LogP contribution in [-0.2, 0) is 4.84 Å². The van der Waals surface area contributed by atoms with E-state index in [2.05, 4.69) is 25.9 Å². The summed E-state index contributed by atoms with van der Waals surface area (Å²) in [6.07, 6.45) is 1.25. The Morgan fingerprint density at radius 2 is 1.91 bits per heavy atom. The fourth-order valence-electron chi connectivity index (χ4n) is 0.353. The van der Waals surface area contributed by atoms with Gasteiger partial charge in [0.05, 0.1) is 5.71 Å². The van der Waals surface area contributed by atoms with Crippen LogP contribution >= 0.6 is 0 Å². The first kappa shape index (κ1) is 10.5. The van der Waals surface area contributed by atoms with Crippen molar-refractivity contribution >= 4 is 5.71 Å². The molecule has 1 unspecified atom stereocenters. The van der Waals surface area contributed by atoms with Crippen LogP contribution in [0.4, 0.5) is 0 Å². The average Bonchev–Trinajstić information content (AvgIpc) is 1.99. The molecule has 0 amide bonds. The van der Waals surface area contributed by atoms with E-state index in [0.29, 0.717) is 5.92 Å². The Hall–Kier alpha value is -0.530. The predicted octanol–water partition coefficient (Wildman–Crippen LogP) is 2.83. The lowest BCUT2D eigenvalue weighted by Gasteiger charge is -2.08. The van der Waals surface area contributed by atoms with Gasteiger partial charge >= 0.3 is 0 Å². The molecule has 0 radical (unpaired) electrons. The predicted molar refractivity (Wildman–Crippen MR) is 48.8 cm³/mol. The van der Waals surface area contributed by atoms with Gasteiger partial charge in [-0.15, -0.1) is 0 Å². The number of oxime groups is 1. The summed E-state index contributed by atoms with van der Waals surface area (Å²) < 4.78 is 0. The first-order valence-corrected chi connectivity index (χ1v) is 4.28. The summed E-state index contributed by atoms with van der Waals surface area (Å²) >= 11 is 0. The molecule has 2 heteroatoms. The molecule has 0 aromatic heterocycles. The third-order valence-electron chi connectivity index (χ3n) is 1.79. The average molecular weight is 157 g/mol. The van der Waals surface area contributed by atoms with Gasteiger partial charge in [0.25, 0.3) is 0 Å². The minimum absolute atomic E-state index is 0.240. The number of hydrogen-bond donors (Lipinski definition) is 0. The van der Waals surface area contributed by atoms with Crippen molar-refractivity contribution in [1.29, 1.82) is 0 Å². The first-order chi connectivity index (χ1) is 5.07. The highest BCUT2D eigenvalue weighted by molar-refractivity contribution is 5.83. The lowest BCUT2D eigenvalue weighted by Crippen LogP contribution is -2.07. The van der Waals surface area contributed by atoms with Gasteiger partial charge in [0.15, 0.2) is 0 Å². The second-order valence-corrected chi connectivity index (χ2v) is 3.21. The van der Waals surface area contributed by atoms with Gasteiger partial charge in [-0.2, -0.15) is 0 Å². The molecule has 0 saturated carbocycles. The van der Waals surface area contributed by atoms with Crippen molar-refractivity contribution in [2.75, 3.05) is 0 Å². The van der Waals surface area contributed by atoms with Crippen molar-refractivity contribution in [3.63, 3.8) is 0 Å². The van der Waals surface area contributed by atoms with Gasteiger partial charge in [0, 0.05) is 0 Å². The zero-order valence-electron chi connectivity index (χ0n) is 8.22. The van der Waals surface area contributed by atoms with E-state index in [4.69, 9.17) is 4.84 Å². The van der Waals surface area contributed by atoms with Crippen molar-refractivity contribution < 1.29 is 4.84 Å². The molecule has 1 atom stereocenters. The van der Waals surface area contributed by atoms with Gasteiger partial charge in [-0.1, -0.05) is 25.9 Å². The van der Waals surface area contributed by atoms with Crippen molar-refractivity contribution in [1.82, 2.24) is 0 Å². The van der Waals surface area contributed by atoms with Gasteiger partial charge < -0.3 is 4.84 Å². The molecule has 0 aliphatic rings. The fourth-order valence-corrected chi connectivity index (χ4v) is 0.353. The summed E-state index contributed by atoms with van der Waals surface area (Å²) in [6.45, 7) is 10.3. The Labute approximate surface area is 69.6 Å². The topological polar surface area (TPSA) is 21.6 Å². The van der Waals surface area contributed by atoms with Crippen LogP contribution in [-0.4, -0.2) is 11.8 Å². The molecule has 0 aromatic rings. The molecule has 66 valence electrons. The summed E-state index contributed by atoms with van der Waals surface area (Å²) in [5, 5.41) is 4.01. The molecule has 2 nitrogen and oxygen atoms in total. The van der Waals surface area contributed by atoms with E-state index >= 15 is 0 Å². The Morgan fingerprint density at radius 1 is 1.36 bits per heavy atom. The Kier molecular flexibility index (Phi) is 4.92. The largest absolute Gasteiger partial charge is 0.393 e. The summed E-state index contributed by atoms with van der Waals surface area (Å²) in [7, 11) is 0. The summed E-state index contributed by atoms with van der Waals surface area (Å²) in [6, 6.07) is 0. The molecule has 0 saturated heterocycles. The minimum atomic E-state index is 0.240. The molecule has 0 fully saturated rings. The minimum Gasteiger partial charge on any atom is -0.393 e. The molecule has 11 heavy (non-hydrogen) atoms. The van der Waals surface area contributed by atoms with Crippen LogP contribution in [0.3, 0.4) is 0 Å².